The van der Waals surface area contributed by atoms with Crippen LogP contribution in [0.4, 0.5) is 0 Å². The zero-order valence-electron chi connectivity index (χ0n) is 15.7. The Labute approximate surface area is 175 Å². The summed E-state index contributed by atoms with van der Waals surface area (Å²) in [7, 11) is 0. The normalized spacial score (nSPS) is 12.3. The minimum absolute atomic E-state index is 0.111. The van der Waals surface area contributed by atoms with Crippen molar-refractivity contribution < 1.29 is 14.3 Å². The van der Waals surface area contributed by atoms with Crippen molar-refractivity contribution in [3.8, 4) is 17.2 Å². The number of nitrogens with zero attached hydrogens (tertiary/aromatic N) is 5. The predicted octanol–water partition coefficient (Wildman–Crippen LogP) is 2.35. The number of carbonyl (C=O) groups excluding carboxylic acids is 1. The maximum atomic E-state index is 12.3. The molecule has 0 radical (unpaired) electrons. The summed E-state index contributed by atoms with van der Waals surface area (Å²) in [6.45, 7) is 0.628. The van der Waals surface area contributed by atoms with E-state index in [-0.39, 0.29) is 18.5 Å². The van der Waals surface area contributed by atoms with Gasteiger partial charge in [0.05, 0.1) is 11.4 Å². The first kappa shape index (κ1) is 18.4. The second-order valence-corrected chi connectivity index (χ2v) is 7.40. The summed E-state index contributed by atoms with van der Waals surface area (Å²) < 4.78 is 12.3. The van der Waals surface area contributed by atoms with Gasteiger partial charge in [-0.2, -0.15) is 4.68 Å². The van der Waals surface area contributed by atoms with Crippen molar-refractivity contribution in [2.24, 2.45) is 0 Å². The average molecular weight is 420 g/mol. The quantitative estimate of drug-likeness (QED) is 0.374. The maximum Gasteiger partial charge on any atom is 0.231 e. The monoisotopic (exact) mass is 420 g/mol. The molecule has 1 N–H and O–H groups in total. The number of carbonyl (C=O) groups is 1. The molecule has 0 atom stereocenters. The van der Waals surface area contributed by atoms with Crippen LogP contribution in [0, 0.1) is 0 Å². The van der Waals surface area contributed by atoms with Crippen LogP contribution in [0.15, 0.2) is 59.9 Å². The van der Waals surface area contributed by atoms with E-state index in [1.165, 1.54) is 18.1 Å². The number of rotatable bonds is 6. The Kier molecular flexibility index (Phi) is 4.89. The molecule has 3 heterocycles. The Morgan fingerprint density at radius 3 is 2.87 bits per heavy atom. The van der Waals surface area contributed by atoms with E-state index in [0.29, 0.717) is 28.5 Å². The molecule has 10 heteroatoms. The van der Waals surface area contributed by atoms with Crippen molar-refractivity contribution in [1.29, 1.82) is 0 Å². The summed E-state index contributed by atoms with van der Waals surface area (Å²) in [5.74, 6) is 1.51. The minimum atomic E-state index is -0.111. The van der Waals surface area contributed by atoms with Crippen LogP contribution in [0.25, 0.3) is 16.9 Å². The molecular formula is C20H16N6O3S. The third kappa shape index (κ3) is 3.64. The topological polar surface area (TPSA) is 104 Å². The largest absolute Gasteiger partial charge is 0.454 e. The Morgan fingerprint density at radius 2 is 1.97 bits per heavy atom. The van der Waals surface area contributed by atoms with Crippen LogP contribution in [-0.4, -0.2) is 43.4 Å². The van der Waals surface area contributed by atoms with Crippen LogP contribution in [0.3, 0.4) is 0 Å². The third-order valence-corrected chi connectivity index (χ3v) is 5.45. The highest BCUT2D eigenvalue weighted by atomic mass is 32.2. The van der Waals surface area contributed by atoms with Gasteiger partial charge in [-0.1, -0.05) is 41.2 Å². The van der Waals surface area contributed by atoms with E-state index in [9.17, 15) is 4.79 Å². The van der Waals surface area contributed by atoms with Gasteiger partial charge < -0.3 is 14.8 Å². The van der Waals surface area contributed by atoms with Gasteiger partial charge in [-0.3, -0.25) is 4.79 Å². The highest BCUT2D eigenvalue weighted by Gasteiger charge is 2.16. The second kappa shape index (κ2) is 7.99. The molecule has 150 valence electrons. The van der Waals surface area contributed by atoms with Gasteiger partial charge in [0.1, 0.15) is 11.4 Å². The summed E-state index contributed by atoms with van der Waals surface area (Å²) >= 11 is 1.30. The molecule has 2 aromatic heterocycles. The van der Waals surface area contributed by atoms with Crippen molar-refractivity contribution in [3.63, 3.8) is 0 Å². The highest BCUT2D eigenvalue weighted by molar-refractivity contribution is 8.00. The molecule has 0 aliphatic carbocycles. The van der Waals surface area contributed by atoms with E-state index in [4.69, 9.17) is 9.47 Å². The summed E-state index contributed by atoms with van der Waals surface area (Å²) in [5, 5.41) is 11.9. The first-order chi connectivity index (χ1) is 14.8. The lowest BCUT2D eigenvalue weighted by atomic mass is 10.2. The van der Waals surface area contributed by atoms with Crippen LogP contribution in [0.2, 0.25) is 0 Å². The van der Waals surface area contributed by atoms with E-state index < -0.39 is 0 Å². The number of nitrogens with one attached hydrogen (secondary N) is 1. The van der Waals surface area contributed by atoms with E-state index in [2.05, 4.69) is 25.6 Å². The molecule has 1 amide bonds. The van der Waals surface area contributed by atoms with Crippen LogP contribution in [0.5, 0.6) is 11.5 Å². The van der Waals surface area contributed by atoms with Gasteiger partial charge in [0.15, 0.2) is 22.7 Å². The summed E-state index contributed by atoms with van der Waals surface area (Å²) in [6, 6.07) is 15.2. The first-order valence-corrected chi connectivity index (χ1v) is 10.2. The molecule has 9 nitrogen and oxygen atoms in total. The summed E-state index contributed by atoms with van der Waals surface area (Å²) in [5.41, 5.74) is 2.96. The lowest BCUT2D eigenvalue weighted by Crippen LogP contribution is -2.24. The molecule has 0 bridgehead atoms. The van der Waals surface area contributed by atoms with Gasteiger partial charge in [-0.15, -0.1) is 5.10 Å². The molecule has 1 aliphatic rings. The number of ether oxygens (including phenoxy) is 2. The first-order valence-electron chi connectivity index (χ1n) is 9.18. The Bertz CT molecular complexity index is 1210. The molecule has 0 spiro atoms. The fourth-order valence-corrected chi connectivity index (χ4v) is 3.77. The number of benzene rings is 2. The molecular weight excluding hydrogens is 404 g/mol. The number of hydrogen-bond donors (Lipinski definition) is 1. The molecule has 0 saturated carbocycles. The lowest BCUT2D eigenvalue weighted by Gasteiger charge is -2.06. The summed E-state index contributed by atoms with van der Waals surface area (Å²) in [4.78, 5) is 20.9. The summed E-state index contributed by atoms with van der Waals surface area (Å²) in [6.07, 6.45) is 1.46. The number of amides is 1. The van der Waals surface area contributed by atoms with E-state index in [1.54, 1.807) is 4.68 Å². The zero-order chi connectivity index (χ0) is 20.3. The molecule has 0 fully saturated rings. The van der Waals surface area contributed by atoms with Crippen LogP contribution >= 0.6 is 11.8 Å². The molecule has 1 aliphatic heterocycles. The van der Waals surface area contributed by atoms with Gasteiger partial charge in [0.25, 0.3) is 0 Å². The Hall–Kier alpha value is -3.66. The molecule has 5 rings (SSSR count). The third-order valence-electron chi connectivity index (χ3n) is 4.47. The van der Waals surface area contributed by atoms with Crippen molar-refractivity contribution in [2.75, 3.05) is 12.5 Å². The number of para-hydroxylation sites is 1. The standard InChI is InChI=1S/C20H16N6O3S/c27-17(21-9-13-6-7-15-16(8-13)29-12-28-15)10-30-20-18-19(22-11-23-20)26(25-24-18)14-4-2-1-3-5-14/h1-8,11H,9-10,12H2,(H,21,27). The average Bonchev–Trinajstić information content (AvgIpc) is 3.43. The van der Waals surface area contributed by atoms with Gasteiger partial charge in [0, 0.05) is 6.54 Å². The number of thioether (sulfide) groups is 1. The fraction of sp³-hybridized carbons (Fsp3) is 0.150. The lowest BCUT2D eigenvalue weighted by molar-refractivity contribution is -0.118. The number of aromatic nitrogens is 5. The van der Waals surface area contributed by atoms with E-state index >= 15 is 0 Å². The van der Waals surface area contributed by atoms with Gasteiger partial charge in [0.2, 0.25) is 12.7 Å². The molecule has 30 heavy (non-hydrogen) atoms. The Morgan fingerprint density at radius 1 is 1.10 bits per heavy atom. The second-order valence-electron chi connectivity index (χ2n) is 6.44. The predicted molar refractivity (Wildman–Crippen MR) is 110 cm³/mol. The SMILES string of the molecule is O=C(CSc1ncnc2c1nnn2-c1ccccc1)NCc1ccc2c(c1)OCO2. The van der Waals surface area contributed by atoms with Crippen molar-refractivity contribution in [2.45, 2.75) is 11.6 Å². The number of fused-ring (bicyclic) bond motifs is 2. The molecule has 0 saturated heterocycles. The minimum Gasteiger partial charge on any atom is -0.454 e. The van der Waals surface area contributed by atoms with E-state index in [1.807, 2.05) is 48.5 Å². The van der Waals surface area contributed by atoms with Crippen molar-refractivity contribution in [1.82, 2.24) is 30.3 Å². The van der Waals surface area contributed by atoms with Gasteiger partial charge in [-0.25, -0.2) is 9.97 Å². The highest BCUT2D eigenvalue weighted by Crippen LogP contribution is 2.32. The van der Waals surface area contributed by atoms with Crippen molar-refractivity contribution >= 4 is 28.8 Å². The van der Waals surface area contributed by atoms with Crippen LogP contribution in [0.1, 0.15) is 5.56 Å². The molecule has 2 aromatic carbocycles. The van der Waals surface area contributed by atoms with Gasteiger partial charge in [-0.05, 0) is 29.8 Å². The van der Waals surface area contributed by atoms with Crippen LogP contribution in [-0.2, 0) is 11.3 Å². The maximum absolute atomic E-state index is 12.3. The van der Waals surface area contributed by atoms with Gasteiger partial charge >= 0.3 is 0 Å². The molecule has 0 unspecified atom stereocenters. The molecule has 4 aromatic rings. The zero-order valence-corrected chi connectivity index (χ0v) is 16.5. The van der Waals surface area contributed by atoms with Crippen LogP contribution < -0.4 is 14.8 Å². The van der Waals surface area contributed by atoms with Crippen molar-refractivity contribution in [3.05, 3.63) is 60.4 Å². The Balaban J connectivity index is 1.24. The fourth-order valence-electron chi connectivity index (χ4n) is 3.01. The van der Waals surface area contributed by atoms with E-state index in [0.717, 1.165) is 17.0 Å². The number of hydrogen-bond acceptors (Lipinski definition) is 8. The smallest absolute Gasteiger partial charge is 0.231 e.